The number of methoxy groups -OCH3 is 1. The van der Waals surface area contributed by atoms with Crippen LogP contribution in [0.5, 0.6) is 5.75 Å². The Morgan fingerprint density at radius 2 is 1.52 bits per heavy atom. The summed E-state index contributed by atoms with van der Waals surface area (Å²) < 4.78 is 48.2. The number of ether oxygens (including phenoxy) is 1. The van der Waals surface area contributed by atoms with Crippen LogP contribution < -0.4 is 14.4 Å². The van der Waals surface area contributed by atoms with Gasteiger partial charge in [-0.1, -0.05) is 61.0 Å². The Hall–Kier alpha value is -4.41. The van der Waals surface area contributed by atoms with Crippen molar-refractivity contribution in [2.75, 3.05) is 18.0 Å². The zero-order valence-electron chi connectivity index (χ0n) is 25.9. The first-order valence-corrected chi connectivity index (χ1v) is 16.6. The van der Waals surface area contributed by atoms with Gasteiger partial charge in [0.2, 0.25) is 11.8 Å². The lowest BCUT2D eigenvalue weighted by Gasteiger charge is -2.34. The van der Waals surface area contributed by atoms with Crippen LogP contribution in [0.15, 0.2) is 108 Å². The van der Waals surface area contributed by atoms with E-state index in [1.54, 1.807) is 24.3 Å². The normalized spacial score (nSPS) is 12.5. The summed E-state index contributed by atoms with van der Waals surface area (Å²) in [6, 6.07) is 25.6. The molecule has 0 unspecified atom stereocenters. The Morgan fingerprint density at radius 3 is 2.11 bits per heavy atom. The maximum absolute atomic E-state index is 14.5. The van der Waals surface area contributed by atoms with Crippen molar-refractivity contribution >= 4 is 39.1 Å². The predicted molar refractivity (Wildman–Crippen MR) is 178 cm³/mol. The van der Waals surface area contributed by atoms with Crippen molar-refractivity contribution in [2.45, 2.75) is 50.2 Å². The number of carbonyl (C=O) groups is 2. The minimum atomic E-state index is -4.34. The number of nitrogens with one attached hydrogen (secondary N) is 1. The third kappa shape index (κ3) is 8.86. The first kappa shape index (κ1) is 34.5. The van der Waals surface area contributed by atoms with Crippen LogP contribution in [0, 0.1) is 5.82 Å². The predicted octanol–water partition coefficient (Wildman–Crippen LogP) is 6.24. The summed E-state index contributed by atoms with van der Waals surface area (Å²) in [5.41, 5.74) is 1.60. The van der Waals surface area contributed by atoms with E-state index in [9.17, 15) is 22.4 Å². The number of hydrogen-bond donors (Lipinski definition) is 1. The van der Waals surface area contributed by atoms with Gasteiger partial charge in [-0.15, -0.1) is 0 Å². The molecular formula is C35H37ClFN3O5S. The summed E-state index contributed by atoms with van der Waals surface area (Å²) >= 11 is 6.13. The van der Waals surface area contributed by atoms with E-state index < -0.39 is 34.3 Å². The number of anilines is 1. The quantitative estimate of drug-likeness (QED) is 0.172. The van der Waals surface area contributed by atoms with Crippen LogP contribution in [0.2, 0.25) is 5.02 Å². The molecule has 242 valence electrons. The molecule has 8 nitrogen and oxygen atoms in total. The van der Waals surface area contributed by atoms with Crippen molar-refractivity contribution in [3.63, 3.8) is 0 Å². The zero-order chi connectivity index (χ0) is 33.3. The molecule has 46 heavy (non-hydrogen) atoms. The lowest BCUT2D eigenvalue weighted by Crippen LogP contribution is -2.54. The molecule has 0 fully saturated rings. The smallest absolute Gasteiger partial charge is 0.264 e. The molecular weight excluding hydrogens is 629 g/mol. The Balaban J connectivity index is 1.80. The SMILES string of the molecule is CC[C@H](C)NC(=O)[C@@H](Cc1ccccc1)N(Cc1ccc(Cl)cc1)C(=O)CN(c1ccc(F)cc1)S(=O)(=O)c1ccc(OC)cc1. The Bertz CT molecular complexity index is 1700. The molecule has 2 atom stereocenters. The molecule has 4 rings (SSSR count). The largest absolute Gasteiger partial charge is 0.497 e. The van der Waals surface area contributed by atoms with E-state index >= 15 is 0 Å². The highest BCUT2D eigenvalue weighted by atomic mass is 35.5. The Morgan fingerprint density at radius 1 is 0.891 bits per heavy atom. The maximum atomic E-state index is 14.5. The molecule has 0 aromatic heterocycles. The molecule has 0 saturated heterocycles. The van der Waals surface area contributed by atoms with Gasteiger partial charge < -0.3 is 15.0 Å². The van der Waals surface area contributed by atoms with E-state index in [0.717, 1.165) is 22.0 Å². The van der Waals surface area contributed by atoms with Gasteiger partial charge in [-0.25, -0.2) is 12.8 Å². The van der Waals surface area contributed by atoms with Gasteiger partial charge in [0.1, 0.15) is 24.2 Å². The van der Waals surface area contributed by atoms with Crippen LogP contribution in [0.4, 0.5) is 10.1 Å². The van der Waals surface area contributed by atoms with Gasteiger partial charge in [-0.2, -0.15) is 0 Å². The van der Waals surface area contributed by atoms with Gasteiger partial charge in [0.05, 0.1) is 17.7 Å². The van der Waals surface area contributed by atoms with Gasteiger partial charge in [0.25, 0.3) is 10.0 Å². The monoisotopic (exact) mass is 665 g/mol. The maximum Gasteiger partial charge on any atom is 0.264 e. The number of nitrogens with zero attached hydrogens (tertiary/aromatic N) is 2. The molecule has 0 aliphatic heterocycles. The number of sulfonamides is 1. The molecule has 4 aromatic rings. The van der Waals surface area contributed by atoms with Crippen molar-refractivity contribution in [3.8, 4) is 5.75 Å². The summed E-state index contributed by atoms with van der Waals surface area (Å²) in [4.78, 5) is 29.6. The fourth-order valence-electron chi connectivity index (χ4n) is 4.79. The highest BCUT2D eigenvalue weighted by molar-refractivity contribution is 7.92. The molecule has 0 aliphatic rings. The zero-order valence-corrected chi connectivity index (χ0v) is 27.5. The topological polar surface area (TPSA) is 96.0 Å². The lowest BCUT2D eigenvalue weighted by molar-refractivity contribution is -0.140. The van der Waals surface area contributed by atoms with E-state index in [1.165, 1.54) is 48.4 Å². The molecule has 0 radical (unpaired) electrons. The Kier molecular flexibility index (Phi) is 11.8. The first-order valence-electron chi connectivity index (χ1n) is 14.8. The number of carbonyl (C=O) groups excluding carboxylic acids is 2. The van der Waals surface area contributed by atoms with Gasteiger partial charge in [-0.3, -0.25) is 13.9 Å². The second-order valence-electron chi connectivity index (χ2n) is 10.8. The van der Waals surface area contributed by atoms with Gasteiger partial charge in [0.15, 0.2) is 0 Å². The van der Waals surface area contributed by atoms with E-state index in [4.69, 9.17) is 16.3 Å². The van der Waals surface area contributed by atoms with Crippen LogP contribution in [0.3, 0.4) is 0 Å². The highest BCUT2D eigenvalue weighted by Gasteiger charge is 2.35. The number of hydrogen-bond acceptors (Lipinski definition) is 5. The van der Waals surface area contributed by atoms with E-state index in [0.29, 0.717) is 22.8 Å². The third-order valence-electron chi connectivity index (χ3n) is 7.58. The molecule has 1 N–H and O–H groups in total. The molecule has 4 aromatic carbocycles. The molecule has 0 saturated carbocycles. The highest BCUT2D eigenvalue weighted by Crippen LogP contribution is 2.27. The second-order valence-corrected chi connectivity index (χ2v) is 13.1. The minimum absolute atomic E-state index is 0.00126. The van der Waals surface area contributed by atoms with Gasteiger partial charge in [0, 0.05) is 24.0 Å². The van der Waals surface area contributed by atoms with Gasteiger partial charge >= 0.3 is 0 Å². The number of halogens is 2. The molecule has 0 bridgehead atoms. The summed E-state index contributed by atoms with van der Waals surface area (Å²) in [7, 11) is -2.87. The van der Waals surface area contributed by atoms with Crippen LogP contribution in [-0.2, 0) is 32.6 Å². The van der Waals surface area contributed by atoms with Gasteiger partial charge in [-0.05, 0) is 85.1 Å². The number of benzene rings is 4. The fourth-order valence-corrected chi connectivity index (χ4v) is 6.33. The molecule has 0 aliphatic carbocycles. The van der Waals surface area contributed by atoms with E-state index in [1.807, 2.05) is 44.2 Å². The molecule has 11 heteroatoms. The minimum Gasteiger partial charge on any atom is -0.497 e. The lowest BCUT2D eigenvalue weighted by atomic mass is 10.0. The van der Waals surface area contributed by atoms with Crippen LogP contribution in [0.1, 0.15) is 31.4 Å². The summed E-state index contributed by atoms with van der Waals surface area (Å²) in [6.45, 7) is 3.16. The third-order valence-corrected chi connectivity index (χ3v) is 9.62. The van der Waals surface area contributed by atoms with Crippen molar-refractivity contribution in [2.24, 2.45) is 0 Å². The van der Waals surface area contributed by atoms with Crippen LogP contribution >= 0.6 is 11.6 Å². The van der Waals surface area contributed by atoms with Crippen molar-refractivity contribution in [1.82, 2.24) is 10.2 Å². The van der Waals surface area contributed by atoms with Crippen LogP contribution in [0.25, 0.3) is 0 Å². The summed E-state index contributed by atoms with van der Waals surface area (Å²) in [5, 5.41) is 3.50. The molecule has 0 spiro atoms. The standard InChI is InChI=1S/C35H37ClFN3O5S/c1-4-25(2)38-35(42)33(22-26-8-6-5-7-9-26)39(23-27-10-12-28(36)13-11-27)34(41)24-40(30-16-14-29(37)15-17-30)46(43,44)32-20-18-31(45-3)19-21-32/h5-21,25,33H,4,22-24H2,1-3H3,(H,38,42)/t25-,33+/m0/s1. The van der Waals surface area contributed by atoms with Crippen molar-refractivity contribution < 1.29 is 27.1 Å². The Labute approximate surface area is 274 Å². The van der Waals surface area contributed by atoms with Crippen LogP contribution in [-0.4, -0.2) is 50.9 Å². The number of amides is 2. The van der Waals surface area contributed by atoms with Crippen molar-refractivity contribution in [1.29, 1.82) is 0 Å². The van der Waals surface area contributed by atoms with E-state index in [2.05, 4.69) is 5.32 Å². The second kappa shape index (κ2) is 15.7. The average Bonchev–Trinajstić information content (AvgIpc) is 3.06. The first-order chi connectivity index (χ1) is 22.0. The van der Waals surface area contributed by atoms with Crippen molar-refractivity contribution in [3.05, 3.63) is 125 Å². The summed E-state index contributed by atoms with van der Waals surface area (Å²) in [5.74, 6) is -1.11. The number of rotatable bonds is 14. The fraction of sp³-hybridized carbons (Fsp3) is 0.257. The molecule has 0 heterocycles. The van der Waals surface area contributed by atoms with E-state index in [-0.39, 0.29) is 35.5 Å². The summed E-state index contributed by atoms with van der Waals surface area (Å²) in [6.07, 6.45) is 0.859. The average molecular weight is 666 g/mol. The molecule has 2 amide bonds.